The second kappa shape index (κ2) is 6.72. The second-order valence-electron chi connectivity index (χ2n) is 5.95. The van der Waals surface area contributed by atoms with Gasteiger partial charge in [0.05, 0.1) is 0 Å². The first kappa shape index (κ1) is 16.6. The molecule has 0 aliphatic carbocycles. The van der Waals surface area contributed by atoms with Crippen molar-refractivity contribution >= 4 is 5.82 Å². The number of aromatic nitrogens is 3. The minimum atomic E-state index is -4.46. The number of nitrogens with one attached hydrogen (secondary N) is 1. The van der Waals surface area contributed by atoms with Gasteiger partial charge in [0.15, 0.2) is 0 Å². The molecule has 1 fully saturated rings. The fourth-order valence-corrected chi connectivity index (χ4v) is 2.80. The van der Waals surface area contributed by atoms with Crippen molar-refractivity contribution in [3.63, 3.8) is 0 Å². The van der Waals surface area contributed by atoms with Gasteiger partial charge in [0, 0.05) is 44.1 Å². The van der Waals surface area contributed by atoms with Crippen LogP contribution >= 0.6 is 0 Å². The summed E-state index contributed by atoms with van der Waals surface area (Å²) in [6.45, 7) is 4.46. The molecule has 3 heterocycles. The van der Waals surface area contributed by atoms with Crippen LogP contribution in [0.25, 0.3) is 0 Å². The predicted octanol–water partition coefficient (Wildman–Crippen LogP) is 2.89. The number of pyridine rings is 1. The van der Waals surface area contributed by atoms with Gasteiger partial charge in [0.1, 0.15) is 17.8 Å². The van der Waals surface area contributed by atoms with Crippen LogP contribution in [0.2, 0.25) is 0 Å². The van der Waals surface area contributed by atoms with E-state index in [0.29, 0.717) is 0 Å². The largest absolute Gasteiger partial charge is 0.433 e. The van der Waals surface area contributed by atoms with Gasteiger partial charge in [0.25, 0.3) is 0 Å². The fourth-order valence-electron chi connectivity index (χ4n) is 2.80. The highest BCUT2D eigenvalue weighted by molar-refractivity contribution is 5.37. The highest BCUT2D eigenvalue weighted by Gasteiger charge is 2.33. The van der Waals surface area contributed by atoms with Crippen LogP contribution in [0, 0.1) is 6.92 Å². The number of anilines is 1. The standard InChI is InChI=1S/C16H18F3N5/c1-11-2-4-20-7-12(11)8-24-5-3-13(9-24)23-15-6-14(16(17,18)19)21-10-22-15/h2,4,6-7,10,13H,3,5,8-9H2,1H3,(H,21,22,23). The number of hydrogen-bond acceptors (Lipinski definition) is 5. The first-order chi connectivity index (χ1) is 11.4. The molecule has 0 spiro atoms. The van der Waals surface area contributed by atoms with Crippen molar-refractivity contribution in [1.82, 2.24) is 19.9 Å². The van der Waals surface area contributed by atoms with Gasteiger partial charge in [-0.1, -0.05) is 0 Å². The summed E-state index contributed by atoms with van der Waals surface area (Å²) in [7, 11) is 0. The van der Waals surface area contributed by atoms with Gasteiger partial charge in [0.2, 0.25) is 0 Å². The maximum Gasteiger partial charge on any atom is 0.433 e. The Morgan fingerprint density at radius 3 is 2.92 bits per heavy atom. The van der Waals surface area contributed by atoms with Crippen molar-refractivity contribution < 1.29 is 13.2 Å². The van der Waals surface area contributed by atoms with E-state index in [0.717, 1.165) is 38.4 Å². The summed E-state index contributed by atoms with van der Waals surface area (Å²) >= 11 is 0. The van der Waals surface area contributed by atoms with Crippen LogP contribution in [0.5, 0.6) is 0 Å². The molecule has 1 unspecified atom stereocenters. The summed E-state index contributed by atoms with van der Waals surface area (Å²) in [5.41, 5.74) is 1.42. The molecule has 128 valence electrons. The average Bonchev–Trinajstić information content (AvgIpc) is 2.96. The predicted molar refractivity (Wildman–Crippen MR) is 83.3 cm³/mol. The molecule has 2 aromatic heterocycles. The summed E-state index contributed by atoms with van der Waals surface area (Å²) in [4.78, 5) is 13.6. The van der Waals surface area contributed by atoms with E-state index >= 15 is 0 Å². The number of rotatable bonds is 4. The summed E-state index contributed by atoms with van der Waals surface area (Å²) in [5, 5.41) is 3.08. The van der Waals surface area contributed by atoms with E-state index in [2.05, 4.69) is 25.2 Å². The molecular formula is C16H18F3N5. The summed E-state index contributed by atoms with van der Waals surface area (Å²) in [6, 6.07) is 2.99. The summed E-state index contributed by atoms with van der Waals surface area (Å²) in [6.07, 6.45) is 0.955. The quantitative estimate of drug-likeness (QED) is 0.930. The van der Waals surface area contributed by atoms with Crippen LogP contribution in [-0.4, -0.2) is 39.0 Å². The van der Waals surface area contributed by atoms with E-state index in [1.165, 1.54) is 11.1 Å². The molecular weight excluding hydrogens is 319 g/mol. The molecule has 0 amide bonds. The number of alkyl halides is 3. The van der Waals surface area contributed by atoms with Crippen LogP contribution < -0.4 is 5.32 Å². The lowest BCUT2D eigenvalue weighted by Crippen LogP contribution is -2.26. The molecule has 0 aromatic carbocycles. The molecule has 24 heavy (non-hydrogen) atoms. The Labute approximate surface area is 138 Å². The third kappa shape index (κ3) is 4.00. The monoisotopic (exact) mass is 337 g/mol. The van der Waals surface area contributed by atoms with Gasteiger partial charge < -0.3 is 5.32 Å². The van der Waals surface area contributed by atoms with E-state index < -0.39 is 11.9 Å². The van der Waals surface area contributed by atoms with Gasteiger partial charge >= 0.3 is 6.18 Å². The van der Waals surface area contributed by atoms with Crippen molar-refractivity contribution in [2.24, 2.45) is 0 Å². The van der Waals surface area contributed by atoms with Gasteiger partial charge in [-0.2, -0.15) is 13.2 Å². The molecule has 0 bridgehead atoms. The van der Waals surface area contributed by atoms with Crippen LogP contribution in [0.3, 0.4) is 0 Å². The Morgan fingerprint density at radius 2 is 2.17 bits per heavy atom. The van der Waals surface area contributed by atoms with Gasteiger partial charge in [-0.15, -0.1) is 0 Å². The van der Waals surface area contributed by atoms with E-state index in [9.17, 15) is 13.2 Å². The molecule has 3 rings (SSSR count). The highest BCUT2D eigenvalue weighted by Crippen LogP contribution is 2.28. The fraction of sp³-hybridized carbons (Fsp3) is 0.438. The number of nitrogens with zero attached hydrogens (tertiary/aromatic N) is 4. The molecule has 0 radical (unpaired) electrons. The zero-order chi connectivity index (χ0) is 17.2. The van der Waals surface area contributed by atoms with Crippen molar-refractivity contribution in [3.05, 3.63) is 47.7 Å². The highest BCUT2D eigenvalue weighted by atomic mass is 19.4. The maximum absolute atomic E-state index is 12.7. The molecule has 5 nitrogen and oxygen atoms in total. The lowest BCUT2D eigenvalue weighted by atomic mass is 10.1. The van der Waals surface area contributed by atoms with Crippen LogP contribution in [0.4, 0.5) is 19.0 Å². The molecule has 1 N–H and O–H groups in total. The molecule has 1 aliphatic rings. The van der Waals surface area contributed by atoms with Crippen LogP contribution in [0.15, 0.2) is 30.9 Å². The first-order valence-corrected chi connectivity index (χ1v) is 7.69. The lowest BCUT2D eigenvalue weighted by Gasteiger charge is -2.18. The topological polar surface area (TPSA) is 53.9 Å². The number of likely N-dealkylation sites (tertiary alicyclic amines) is 1. The lowest BCUT2D eigenvalue weighted by molar-refractivity contribution is -0.141. The molecule has 8 heteroatoms. The summed E-state index contributed by atoms with van der Waals surface area (Å²) in [5.74, 6) is 0.210. The smallest absolute Gasteiger partial charge is 0.366 e. The van der Waals surface area contributed by atoms with Crippen molar-refractivity contribution in [3.8, 4) is 0 Å². The van der Waals surface area contributed by atoms with Gasteiger partial charge in [-0.3, -0.25) is 9.88 Å². The minimum Gasteiger partial charge on any atom is -0.366 e. The van der Waals surface area contributed by atoms with Crippen LogP contribution in [-0.2, 0) is 12.7 Å². The minimum absolute atomic E-state index is 0.0676. The Balaban J connectivity index is 1.60. The van der Waals surface area contributed by atoms with Crippen molar-refractivity contribution in [2.45, 2.75) is 32.1 Å². The number of hydrogen-bond donors (Lipinski definition) is 1. The summed E-state index contributed by atoms with van der Waals surface area (Å²) < 4.78 is 38.1. The Morgan fingerprint density at radius 1 is 1.33 bits per heavy atom. The zero-order valence-corrected chi connectivity index (χ0v) is 13.2. The second-order valence-corrected chi connectivity index (χ2v) is 5.95. The molecule has 2 aromatic rings. The first-order valence-electron chi connectivity index (χ1n) is 7.69. The number of aryl methyl sites for hydroxylation is 1. The number of halogens is 3. The van der Waals surface area contributed by atoms with E-state index in [1.54, 1.807) is 6.20 Å². The third-order valence-corrected chi connectivity index (χ3v) is 4.12. The molecule has 0 saturated carbocycles. The molecule has 1 atom stereocenters. The Bertz CT molecular complexity index is 704. The maximum atomic E-state index is 12.7. The molecule has 1 saturated heterocycles. The Hall–Kier alpha value is -2.22. The molecule has 1 aliphatic heterocycles. The normalized spacial score (nSPS) is 18.8. The van der Waals surface area contributed by atoms with E-state index in [-0.39, 0.29) is 11.9 Å². The Kier molecular flexibility index (Phi) is 4.66. The average molecular weight is 337 g/mol. The van der Waals surface area contributed by atoms with Crippen molar-refractivity contribution in [2.75, 3.05) is 18.4 Å². The SMILES string of the molecule is Cc1ccncc1CN1CCC(Nc2cc(C(F)(F)F)ncn2)C1. The third-order valence-electron chi connectivity index (χ3n) is 4.12. The van der Waals surface area contributed by atoms with Gasteiger partial charge in [-0.05, 0) is 30.5 Å². The van der Waals surface area contributed by atoms with E-state index in [1.807, 2.05) is 19.2 Å². The van der Waals surface area contributed by atoms with Crippen LogP contribution in [0.1, 0.15) is 23.2 Å². The van der Waals surface area contributed by atoms with Crippen molar-refractivity contribution in [1.29, 1.82) is 0 Å². The van der Waals surface area contributed by atoms with Gasteiger partial charge in [-0.25, -0.2) is 9.97 Å². The zero-order valence-electron chi connectivity index (χ0n) is 13.2. The van der Waals surface area contributed by atoms with E-state index in [4.69, 9.17) is 0 Å².